The van der Waals surface area contributed by atoms with Gasteiger partial charge in [0.1, 0.15) is 5.82 Å². The molecule has 2 aromatic heterocycles. The van der Waals surface area contributed by atoms with Crippen LogP contribution in [-0.2, 0) is 11.8 Å². The third kappa shape index (κ3) is 4.34. The van der Waals surface area contributed by atoms with Crippen molar-refractivity contribution in [2.75, 3.05) is 18.0 Å². The summed E-state index contributed by atoms with van der Waals surface area (Å²) in [5, 5.41) is 3.27. The minimum absolute atomic E-state index is 0.0521. The molecule has 2 aromatic rings. The van der Waals surface area contributed by atoms with Gasteiger partial charge < -0.3 is 14.8 Å². The molecule has 3 heterocycles. The summed E-state index contributed by atoms with van der Waals surface area (Å²) in [7, 11) is 1.99. The van der Waals surface area contributed by atoms with Crippen LogP contribution in [-0.4, -0.2) is 38.5 Å². The Kier molecular flexibility index (Phi) is 5.33. The Labute approximate surface area is 166 Å². The lowest BCUT2D eigenvalue weighted by Crippen LogP contribution is -2.38. The first-order valence-corrected chi connectivity index (χ1v) is 10.3. The normalized spacial score (nSPS) is 18.9. The summed E-state index contributed by atoms with van der Waals surface area (Å²) in [5.41, 5.74) is 2.01. The van der Waals surface area contributed by atoms with E-state index < -0.39 is 0 Å². The lowest BCUT2D eigenvalue weighted by atomic mass is 9.93. The molecule has 2 aliphatic rings. The van der Waals surface area contributed by atoms with Gasteiger partial charge in [0.25, 0.3) is 0 Å². The molecule has 4 rings (SSSR count). The number of piperidine rings is 1. The van der Waals surface area contributed by atoms with Gasteiger partial charge in [-0.3, -0.25) is 4.79 Å². The predicted octanol–water partition coefficient (Wildman–Crippen LogP) is 2.70. The van der Waals surface area contributed by atoms with Crippen molar-refractivity contribution < 1.29 is 4.79 Å². The van der Waals surface area contributed by atoms with Crippen LogP contribution < -0.4 is 10.2 Å². The molecule has 0 radical (unpaired) electrons. The third-order valence-electron chi connectivity index (χ3n) is 5.89. The summed E-state index contributed by atoms with van der Waals surface area (Å²) in [6, 6.07) is 2.05. The topological polar surface area (TPSA) is 75.9 Å². The fraction of sp³-hybridized carbons (Fsp3) is 0.619. The number of imidazole rings is 1. The van der Waals surface area contributed by atoms with Crippen molar-refractivity contribution in [1.29, 1.82) is 0 Å². The van der Waals surface area contributed by atoms with E-state index in [9.17, 15) is 4.79 Å². The molecule has 28 heavy (non-hydrogen) atoms. The van der Waals surface area contributed by atoms with Crippen LogP contribution in [0.3, 0.4) is 0 Å². The smallest absolute Gasteiger partial charge is 0.225 e. The molecule has 7 nitrogen and oxygen atoms in total. The number of carbonyl (C=O) groups excluding carboxylic acids is 1. The minimum atomic E-state index is 0.0521. The molecule has 1 aliphatic carbocycles. The number of rotatable bonds is 6. The Balaban J connectivity index is 1.30. The molecule has 1 N–H and O–H groups in total. The van der Waals surface area contributed by atoms with Crippen molar-refractivity contribution >= 4 is 11.9 Å². The van der Waals surface area contributed by atoms with Crippen LogP contribution in [0.1, 0.15) is 55.4 Å². The van der Waals surface area contributed by atoms with Crippen LogP contribution in [0.25, 0.3) is 0 Å². The van der Waals surface area contributed by atoms with Gasteiger partial charge in [-0.15, -0.1) is 0 Å². The molecule has 150 valence electrons. The molecular formula is C21H30N6O. The van der Waals surface area contributed by atoms with Gasteiger partial charge in [-0.05, 0) is 57.4 Å². The summed E-state index contributed by atoms with van der Waals surface area (Å²) in [5.74, 6) is 2.90. The SMILES string of the molecule is Cc1cc(C)nc(N2CCC(CC(=O)NC(c3nccn3C)C3CC3)CC2)n1. The fourth-order valence-electron chi connectivity index (χ4n) is 4.18. The summed E-state index contributed by atoms with van der Waals surface area (Å²) in [6.45, 7) is 5.83. The van der Waals surface area contributed by atoms with Gasteiger partial charge >= 0.3 is 0 Å². The molecular weight excluding hydrogens is 352 g/mol. The molecule has 0 spiro atoms. The number of aromatic nitrogens is 4. The monoisotopic (exact) mass is 382 g/mol. The predicted molar refractivity (Wildman–Crippen MR) is 108 cm³/mol. The Bertz CT molecular complexity index is 815. The zero-order valence-electron chi connectivity index (χ0n) is 17.1. The van der Waals surface area contributed by atoms with Crippen LogP contribution >= 0.6 is 0 Å². The fourth-order valence-corrected chi connectivity index (χ4v) is 4.18. The van der Waals surface area contributed by atoms with E-state index in [2.05, 4.69) is 25.2 Å². The second-order valence-corrected chi connectivity index (χ2v) is 8.36. The van der Waals surface area contributed by atoms with E-state index in [-0.39, 0.29) is 11.9 Å². The number of hydrogen-bond donors (Lipinski definition) is 1. The molecule has 0 aromatic carbocycles. The van der Waals surface area contributed by atoms with E-state index in [1.54, 1.807) is 0 Å². The quantitative estimate of drug-likeness (QED) is 0.831. The first-order chi connectivity index (χ1) is 13.5. The second kappa shape index (κ2) is 7.89. The van der Waals surface area contributed by atoms with Gasteiger partial charge in [-0.25, -0.2) is 15.0 Å². The lowest BCUT2D eigenvalue weighted by Gasteiger charge is -2.32. The highest BCUT2D eigenvalue weighted by molar-refractivity contribution is 5.76. The van der Waals surface area contributed by atoms with Crippen LogP contribution in [0.4, 0.5) is 5.95 Å². The average Bonchev–Trinajstić information content (AvgIpc) is 3.41. The Morgan fingerprint density at radius 2 is 1.86 bits per heavy atom. The number of amides is 1. The van der Waals surface area contributed by atoms with Gasteiger partial charge in [0.15, 0.2) is 0 Å². The molecule has 1 atom stereocenters. The van der Waals surface area contributed by atoms with Gasteiger partial charge in [0.2, 0.25) is 11.9 Å². The standard InChI is InChI=1S/C21H30N6O/c1-14-12-15(2)24-21(23-14)27-9-6-16(7-10-27)13-18(28)25-19(17-4-5-17)20-22-8-11-26(20)3/h8,11-12,16-17,19H,4-7,9-10,13H2,1-3H3,(H,25,28). The number of nitrogens with one attached hydrogen (secondary N) is 1. The van der Waals surface area contributed by atoms with E-state index in [0.717, 1.165) is 49.1 Å². The number of aryl methyl sites for hydroxylation is 3. The maximum absolute atomic E-state index is 12.7. The van der Waals surface area contributed by atoms with E-state index in [1.165, 1.54) is 12.8 Å². The highest BCUT2D eigenvalue weighted by Gasteiger charge is 2.36. The Hall–Kier alpha value is -2.44. The van der Waals surface area contributed by atoms with E-state index in [0.29, 0.717) is 18.3 Å². The highest BCUT2D eigenvalue weighted by Crippen LogP contribution is 2.40. The van der Waals surface area contributed by atoms with E-state index >= 15 is 0 Å². The van der Waals surface area contributed by atoms with Crippen LogP contribution in [0, 0.1) is 25.7 Å². The van der Waals surface area contributed by atoms with Gasteiger partial charge in [0.05, 0.1) is 6.04 Å². The molecule has 1 saturated carbocycles. The zero-order valence-corrected chi connectivity index (χ0v) is 17.1. The number of carbonyl (C=O) groups is 1. The largest absolute Gasteiger partial charge is 0.346 e. The van der Waals surface area contributed by atoms with Gasteiger partial charge in [0, 0.05) is 50.3 Å². The highest BCUT2D eigenvalue weighted by atomic mass is 16.1. The summed E-state index contributed by atoms with van der Waals surface area (Å²) in [6.07, 6.45) is 8.69. The molecule has 2 fully saturated rings. The van der Waals surface area contributed by atoms with Crippen molar-refractivity contribution in [1.82, 2.24) is 24.8 Å². The number of nitrogens with zero attached hydrogens (tertiary/aromatic N) is 5. The minimum Gasteiger partial charge on any atom is -0.346 e. The van der Waals surface area contributed by atoms with Crippen molar-refractivity contribution in [2.45, 2.75) is 52.0 Å². The van der Waals surface area contributed by atoms with Crippen molar-refractivity contribution in [2.24, 2.45) is 18.9 Å². The number of hydrogen-bond acceptors (Lipinski definition) is 5. The van der Waals surface area contributed by atoms with Crippen LogP contribution in [0.2, 0.25) is 0 Å². The van der Waals surface area contributed by atoms with Crippen molar-refractivity contribution in [3.8, 4) is 0 Å². The Morgan fingerprint density at radius 1 is 1.18 bits per heavy atom. The first kappa shape index (κ1) is 18.9. The molecule has 1 aliphatic heterocycles. The van der Waals surface area contributed by atoms with Crippen LogP contribution in [0.15, 0.2) is 18.5 Å². The van der Waals surface area contributed by atoms with Gasteiger partial charge in [-0.2, -0.15) is 0 Å². The molecule has 0 bridgehead atoms. The Morgan fingerprint density at radius 3 is 2.43 bits per heavy atom. The summed E-state index contributed by atoms with van der Waals surface area (Å²) in [4.78, 5) is 28.6. The summed E-state index contributed by atoms with van der Waals surface area (Å²) < 4.78 is 2.02. The molecule has 1 unspecified atom stereocenters. The third-order valence-corrected chi connectivity index (χ3v) is 5.89. The van der Waals surface area contributed by atoms with E-state index in [1.807, 2.05) is 43.9 Å². The van der Waals surface area contributed by atoms with E-state index in [4.69, 9.17) is 0 Å². The van der Waals surface area contributed by atoms with Crippen molar-refractivity contribution in [3.05, 3.63) is 35.7 Å². The maximum atomic E-state index is 12.7. The van der Waals surface area contributed by atoms with Gasteiger partial charge in [-0.1, -0.05) is 0 Å². The van der Waals surface area contributed by atoms with Crippen LogP contribution in [0.5, 0.6) is 0 Å². The number of anilines is 1. The molecule has 1 saturated heterocycles. The molecule has 1 amide bonds. The zero-order chi connectivity index (χ0) is 19.7. The molecule has 7 heteroatoms. The average molecular weight is 383 g/mol. The lowest BCUT2D eigenvalue weighted by molar-refractivity contribution is -0.123. The first-order valence-electron chi connectivity index (χ1n) is 10.3. The van der Waals surface area contributed by atoms with Crippen molar-refractivity contribution in [3.63, 3.8) is 0 Å². The summed E-state index contributed by atoms with van der Waals surface area (Å²) >= 11 is 0. The maximum Gasteiger partial charge on any atom is 0.225 e. The second-order valence-electron chi connectivity index (χ2n) is 8.36.